The number of hydrogen-bond donors (Lipinski definition) is 1. The first-order chi connectivity index (χ1) is 8.72. The van der Waals surface area contributed by atoms with Crippen LogP contribution in [0.2, 0.25) is 0 Å². The summed E-state index contributed by atoms with van der Waals surface area (Å²) in [5.74, 6) is 1.85. The van der Waals surface area contributed by atoms with Crippen molar-refractivity contribution in [1.82, 2.24) is 5.32 Å². The van der Waals surface area contributed by atoms with Gasteiger partial charge in [-0.1, -0.05) is 32.0 Å². The standard InChI is InChI=1S/C16H25NO/c1-12(2)15(17-3)10-9-14-7-4-6-13-8-5-11-18-16(13)14/h4,6-7,12,15,17H,5,8-11H2,1-3H3. The Morgan fingerprint density at radius 2 is 2.17 bits per heavy atom. The van der Waals surface area contributed by atoms with Gasteiger partial charge in [-0.05, 0) is 49.8 Å². The van der Waals surface area contributed by atoms with Crippen LogP contribution in [0.5, 0.6) is 5.75 Å². The van der Waals surface area contributed by atoms with Crippen LogP contribution in [0.15, 0.2) is 18.2 Å². The van der Waals surface area contributed by atoms with E-state index in [-0.39, 0.29) is 0 Å². The van der Waals surface area contributed by atoms with Crippen LogP contribution in [0.25, 0.3) is 0 Å². The van der Waals surface area contributed by atoms with E-state index in [1.165, 1.54) is 29.7 Å². The van der Waals surface area contributed by atoms with Crippen LogP contribution in [0, 0.1) is 5.92 Å². The van der Waals surface area contributed by atoms with Gasteiger partial charge in [0.1, 0.15) is 5.75 Å². The monoisotopic (exact) mass is 247 g/mol. The van der Waals surface area contributed by atoms with Crippen molar-refractivity contribution in [2.45, 2.75) is 45.6 Å². The van der Waals surface area contributed by atoms with Gasteiger partial charge >= 0.3 is 0 Å². The normalized spacial score (nSPS) is 16.2. The molecule has 1 aliphatic heterocycles. The van der Waals surface area contributed by atoms with Gasteiger partial charge in [-0.15, -0.1) is 0 Å². The zero-order chi connectivity index (χ0) is 13.0. The molecule has 0 radical (unpaired) electrons. The van der Waals surface area contributed by atoms with Gasteiger partial charge in [0, 0.05) is 6.04 Å². The smallest absolute Gasteiger partial charge is 0.125 e. The van der Waals surface area contributed by atoms with Gasteiger partial charge in [0.15, 0.2) is 0 Å². The number of fused-ring (bicyclic) bond motifs is 1. The van der Waals surface area contributed by atoms with Gasteiger partial charge in [0.2, 0.25) is 0 Å². The molecule has 18 heavy (non-hydrogen) atoms. The molecular weight excluding hydrogens is 222 g/mol. The third kappa shape index (κ3) is 3.05. The summed E-state index contributed by atoms with van der Waals surface area (Å²) in [6.45, 7) is 5.43. The van der Waals surface area contributed by atoms with Crippen molar-refractivity contribution in [1.29, 1.82) is 0 Å². The number of para-hydroxylation sites is 1. The highest BCUT2D eigenvalue weighted by atomic mass is 16.5. The molecule has 0 saturated heterocycles. The van der Waals surface area contributed by atoms with Crippen molar-refractivity contribution in [3.63, 3.8) is 0 Å². The maximum Gasteiger partial charge on any atom is 0.125 e. The lowest BCUT2D eigenvalue weighted by atomic mass is 9.94. The molecule has 100 valence electrons. The molecule has 1 aliphatic rings. The Balaban J connectivity index is 2.05. The van der Waals surface area contributed by atoms with Gasteiger partial charge in [-0.2, -0.15) is 0 Å². The highest BCUT2D eigenvalue weighted by Crippen LogP contribution is 2.30. The van der Waals surface area contributed by atoms with Gasteiger partial charge in [-0.25, -0.2) is 0 Å². The third-order valence-corrected chi connectivity index (χ3v) is 3.92. The van der Waals surface area contributed by atoms with Crippen LogP contribution < -0.4 is 10.1 Å². The largest absolute Gasteiger partial charge is 0.493 e. The maximum absolute atomic E-state index is 5.86. The van der Waals surface area contributed by atoms with Crippen molar-refractivity contribution in [3.05, 3.63) is 29.3 Å². The van der Waals surface area contributed by atoms with E-state index in [1.54, 1.807) is 0 Å². The van der Waals surface area contributed by atoms with Crippen LogP contribution in [-0.2, 0) is 12.8 Å². The van der Waals surface area contributed by atoms with Gasteiger partial charge in [-0.3, -0.25) is 0 Å². The third-order valence-electron chi connectivity index (χ3n) is 3.92. The molecule has 0 aliphatic carbocycles. The first-order valence-electron chi connectivity index (χ1n) is 7.13. The van der Waals surface area contributed by atoms with E-state index in [4.69, 9.17) is 4.74 Å². The van der Waals surface area contributed by atoms with E-state index < -0.39 is 0 Å². The Labute approximate surface area is 111 Å². The van der Waals surface area contributed by atoms with E-state index in [0.29, 0.717) is 12.0 Å². The fourth-order valence-corrected chi connectivity index (χ4v) is 2.78. The number of nitrogens with one attached hydrogen (secondary N) is 1. The lowest BCUT2D eigenvalue weighted by molar-refractivity contribution is 0.284. The summed E-state index contributed by atoms with van der Waals surface area (Å²) in [5, 5.41) is 3.41. The molecule has 0 bridgehead atoms. The number of hydrogen-bond acceptors (Lipinski definition) is 2. The minimum Gasteiger partial charge on any atom is -0.493 e. The molecule has 1 heterocycles. The highest BCUT2D eigenvalue weighted by Gasteiger charge is 2.16. The van der Waals surface area contributed by atoms with Crippen molar-refractivity contribution >= 4 is 0 Å². The SMILES string of the molecule is CNC(CCc1cccc2c1OCCC2)C(C)C. The molecule has 2 nitrogen and oxygen atoms in total. The molecule has 1 aromatic carbocycles. The zero-order valence-corrected chi connectivity index (χ0v) is 11.8. The summed E-state index contributed by atoms with van der Waals surface area (Å²) in [6, 6.07) is 7.18. The molecule has 1 unspecified atom stereocenters. The van der Waals surface area contributed by atoms with Crippen LogP contribution in [0.3, 0.4) is 0 Å². The zero-order valence-electron chi connectivity index (χ0n) is 11.8. The Bertz CT molecular complexity index is 387. The van der Waals surface area contributed by atoms with E-state index >= 15 is 0 Å². The van der Waals surface area contributed by atoms with E-state index in [2.05, 4.69) is 44.4 Å². The Hall–Kier alpha value is -1.02. The summed E-state index contributed by atoms with van der Waals surface area (Å²) in [5.41, 5.74) is 2.78. The fourth-order valence-electron chi connectivity index (χ4n) is 2.78. The molecule has 1 aromatic rings. The lowest BCUT2D eigenvalue weighted by Gasteiger charge is -2.23. The van der Waals surface area contributed by atoms with Crippen molar-refractivity contribution in [2.75, 3.05) is 13.7 Å². The average molecular weight is 247 g/mol. The Kier molecular flexibility index (Phi) is 4.65. The second-order valence-electron chi connectivity index (χ2n) is 5.54. The van der Waals surface area contributed by atoms with Crippen molar-refractivity contribution in [3.8, 4) is 5.75 Å². The number of aryl methyl sites for hydroxylation is 2. The van der Waals surface area contributed by atoms with Crippen LogP contribution in [0.4, 0.5) is 0 Å². The molecule has 1 atom stereocenters. The molecule has 1 N–H and O–H groups in total. The van der Waals surface area contributed by atoms with Crippen molar-refractivity contribution in [2.24, 2.45) is 5.92 Å². The van der Waals surface area contributed by atoms with Crippen molar-refractivity contribution < 1.29 is 4.74 Å². The van der Waals surface area contributed by atoms with Crippen LogP contribution in [0.1, 0.15) is 37.8 Å². The first-order valence-corrected chi connectivity index (χ1v) is 7.13. The fraction of sp³-hybridized carbons (Fsp3) is 0.625. The molecular formula is C16H25NO. The molecule has 0 spiro atoms. The van der Waals surface area contributed by atoms with E-state index in [9.17, 15) is 0 Å². The summed E-state index contributed by atoms with van der Waals surface area (Å²) >= 11 is 0. The Morgan fingerprint density at radius 1 is 1.33 bits per heavy atom. The van der Waals surface area contributed by atoms with Gasteiger partial charge in [0.25, 0.3) is 0 Å². The number of benzene rings is 1. The lowest BCUT2D eigenvalue weighted by Crippen LogP contribution is -2.31. The topological polar surface area (TPSA) is 21.3 Å². The second-order valence-corrected chi connectivity index (χ2v) is 5.54. The summed E-state index contributed by atoms with van der Waals surface area (Å²) in [6.07, 6.45) is 4.60. The van der Waals surface area contributed by atoms with E-state index in [1.807, 2.05) is 0 Å². The predicted molar refractivity (Wildman–Crippen MR) is 76.3 cm³/mol. The Morgan fingerprint density at radius 3 is 2.89 bits per heavy atom. The highest BCUT2D eigenvalue weighted by molar-refractivity contribution is 5.42. The maximum atomic E-state index is 5.86. The molecule has 0 fully saturated rings. The summed E-state index contributed by atoms with van der Waals surface area (Å²) < 4.78 is 5.86. The summed E-state index contributed by atoms with van der Waals surface area (Å²) in [7, 11) is 2.06. The van der Waals surface area contributed by atoms with Crippen LogP contribution in [-0.4, -0.2) is 19.7 Å². The first kappa shape index (κ1) is 13.4. The van der Waals surface area contributed by atoms with Crippen LogP contribution >= 0.6 is 0 Å². The number of rotatable bonds is 5. The molecule has 2 rings (SSSR count). The molecule has 0 saturated carbocycles. The quantitative estimate of drug-likeness (QED) is 0.863. The molecule has 0 aromatic heterocycles. The predicted octanol–water partition coefficient (Wildman–Crippen LogP) is 3.19. The molecule has 2 heteroatoms. The minimum absolute atomic E-state index is 0.587. The molecule has 0 amide bonds. The minimum atomic E-state index is 0.587. The van der Waals surface area contributed by atoms with Gasteiger partial charge in [0.05, 0.1) is 6.61 Å². The second kappa shape index (κ2) is 6.24. The average Bonchev–Trinajstić information content (AvgIpc) is 2.39. The summed E-state index contributed by atoms with van der Waals surface area (Å²) in [4.78, 5) is 0. The number of ether oxygens (including phenoxy) is 1. The van der Waals surface area contributed by atoms with E-state index in [0.717, 1.165) is 19.4 Å². The van der Waals surface area contributed by atoms with Gasteiger partial charge < -0.3 is 10.1 Å².